The monoisotopic (exact) mass is 303 g/mol. The van der Waals surface area contributed by atoms with Crippen molar-refractivity contribution in [1.29, 1.82) is 0 Å². The lowest BCUT2D eigenvalue weighted by Crippen LogP contribution is -2.67. The molecule has 1 atom stereocenters. The second-order valence-corrected chi connectivity index (χ2v) is 6.23. The maximum Gasteiger partial charge on any atom is 0.411 e. The molecular formula is C14H22ClNO4. The molecule has 1 unspecified atom stereocenters. The van der Waals surface area contributed by atoms with Crippen molar-refractivity contribution in [2.45, 2.75) is 44.8 Å². The fourth-order valence-electron chi connectivity index (χ4n) is 2.20. The summed E-state index contributed by atoms with van der Waals surface area (Å²) in [6, 6.07) is 0. The predicted octanol–water partition coefficient (Wildman–Crippen LogP) is 2.72. The molecule has 6 heteroatoms. The number of hydrogen-bond donors (Lipinski definition) is 0. The van der Waals surface area contributed by atoms with E-state index in [4.69, 9.17) is 21.1 Å². The predicted molar refractivity (Wildman–Crippen MR) is 76.8 cm³/mol. The average molecular weight is 304 g/mol. The number of amides is 1. The van der Waals surface area contributed by atoms with E-state index in [0.717, 1.165) is 0 Å². The third kappa shape index (κ3) is 3.45. The van der Waals surface area contributed by atoms with Crippen LogP contribution in [0, 0.1) is 0 Å². The molecule has 1 aliphatic rings. The largest absolute Gasteiger partial charge is 0.467 e. The quantitative estimate of drug-likeness (QED) is 0.455. The van der Waals surface area contributed by atoms with Crippen molar-refractivity contribution in [1.82, 2.24) is 4.90 Å². The van der Waals surface area contributed by atoms with E-state index in [1.165, 1.54) is 12.0 Å². The molecule has 0 aromatic carbocycles. The highest BCUT2D eigenvalue weighted by molar-refractivity contribution is 6.19. The zero-order valence-corrected chi connectivity index (χ0v) is 13.2. The van der Waals surface area contributed by atoms with Crippen molar-refractivity contribution in [2.24, 2.45) is 0 Å². The third-order valence-electron chi connectivity index (χ3n) is 3.18. The zero-order chi connectivity index (χ0) is 15.6. The Morgan fingerprint density at radius 2 is 2.00 bits per heavy atom. The van der Waals surface area contributed by atoms with Gasteiger partial charge in [-0.3, -0.25) is 4.90 Å². The van der Waals surface area contributed by atoms with E-state index >= 15 is 0 Å². The van der Waals surface area contributed by atoms with Crippen molar-refractivity contribution in [3.63, 3.8) is 0 Å². The number of carbonyl (C=O) groups is 2. The molecule has 1 amide bonds. The van der Waals surface area contributed by atoms with Crippen LogP contribution >= 0.6 is 11.6 Å². The minimum Gasteiger partial charge on any atom is -0.467 e. The van der Waals surface area contributed by atoms with Gasteiger partial charge in [0.05, 0.1) is 7.11 Å². The molecule has 20 heavy (non-hydrogen) atoms. The maximum atomic E-state index is 12.2. The SMILES string of the molecule is C=C(CCl)CC1(C(=O)OC)CCN1C(=O)OC(C)(C)C. The molecule has 0 aromatic rings. The van der Waals surface area contributed by atoms with E-state index in [1.807, 2.05) is 0 Å². The highest BCUT2D eigenvalue weighted by Crippen LogP contribution is 2.38. The smallest absolute Gasteiger partial charge is 0.411 e. The van der Waals surface area contributed by atoms with Gasteiger partial charge in [0.25, 0.3) is 0 Å². The summed E-state index contributed by atoms with van der Waals surface area (Å²) < 4.78 is 10.2. The van der Waals surface area contributed by atoms with Crippen LogP contribution in [0.25, 0.3) is 0 Å². The Hall–Kier alpha value is -1.23. The third-order valence-corrected chi connectivity index (χ3v) is 3.55. The Balaban J connectivity index is 2.93. The Morgan fingerprint density at radius 3 is 2.35 bits per heavy atom. The minimum absolute atomic E-state index is 0.237. The zero-order valence-electron chi connectivity index (χ0n) is 12.5. The summed E-state index contributed by atoms with van der Waals surface area (Å²) in [7, 11) is 1.30. The van der Waals surface area contributed by atoms with Crippen LogP contribution in [-0.2, 0) is 14.3 Å². The van der Waals surface area contributed by atoms with Crippen molar-refractivity contribution in [3.8, 4) is 0 Å². The van der Waals surface area contributed by atoms with E-state index in [9.17, 15) is 9.59 Å². The summed E-state index contributed by atoms with van der Waals surface area (Å²) in [5.41, 5.74) is -0.952. The standard InChI is InChI=1S/C14H22ClNO4/c1-10(9-15)8-14(11(17)19-5)6-7-16(14)12(18)20-13(2,3)4/h1,6-9H2,2-5H3. The van der Waals surface area contributed by atoms with Gasteiger partial charge in [0, 0.05) is 18.8 Å². The van der Waals surface area contributed by atoms with Crippen molar-refractivity contribution in [3.05, 3.63) is 12.2 Å². The summed E-state index contributed by atoms with van der Waals surface area (Å²) in [5, 5.41) is 0. The van der Waals surface area contributed by atoms with Gasteiger partial charge in [-0.2, -0.15) is 0 Å². The van der Waals surface area contributed by atoms with Crippen LogP contribution in [-0.4, -0.2) is 47.6 Å². The summed E-state index contributed by atoms with van der Waals surface area (Å²) in [5.74, 6) is -0.221. The van der Waals surface area contributed by atoms with E-state index in [-0.39, 0.29) is 5.88 Å². The van der Waals surface area contributed by atoms with Gasteiger partial charge in [-0.1, -0.05) is 12.2 Å². The summed E-state index contributed by atoms with van der Waals surface area (Å²) in [6.07, 6.45) is 0.300. The molecule has 0 aliphatic carbocycles. The highest BCUT2D eigenvalue weighted by Gasteiger charge is 2.55. The van der Waals surface area contributed by atoms with Crippen LogP contribution in [0.2, 0.25) is 0 Å². The maximum absolute atomic E-state index is 12.2. The van der Waals surface area contributed by atoms with Gasteiger partial charge in [-0.05, 0) is 27.2 Å². The number of nitrogens with zero attached hydrogens (tertiary/aromatic N) is 1. The summed E-state index contributed by atoms with van der Waals surface area (Å²) in [4.78, 5) is 25.7. The van der Waals surface area contributed by atoms with Gasteiger partial charge in [-0.25, -0.2) is 9.59 Å². The Kier molecular flexibility index (Phi) is 5.08. The molecule has 0 radical (unpaired) electrons. The van der Waals surface area contributed by atoms with Gasteiger partial charge in [-0.15, -0.1) is 11.6 Å². The number of likely N-dealkylation sites (tertiary alicyclic amines) is 1. The van der Waals surface area contributed by atoms with Crippen LogP contribution in [0.3, 0.4) is 0 Å². The second kappa shape index (κ2) is 6.04. The number of hydrogen-bond acceptors (Lipinski definition) is 4. The molecule has 0 spiro atoms. The Morgan fingerprint density at radius 1 is 1.40 bits per heavy atom. The van der Waals surface area contributed by atoms with Crippen LogP contribution < -0.4 is 0 Å². The van der Waals surface area contributed by atoms with E-state index < -0.39 is 23.2 Å². The van der Waals surface area contributed by atoms with E-state index in [0.29, 0.717) is 25.0 Å². The number of rotatable bonds is 4. The normalized spacial score (nSPS) is 21.9. The van der Waals surface area contributed by atoms with Gasteiger partial charge in [0.15, 0.2) is 0 Å². The van der Waals surface area contributed by atoms with Crippen molar-refractivity contribution < 1.29 is 19.1 Å². The molecular weight excluding hydrogens is 282 g/mol. The lowest BCUT2D eigenvalue weighted by Gasteiger charge is -2.50. The van der Waals surface area contributed by atoms with Crippen LogP contribution in [0.5, 0.6) is 0 Å². The van der Waals surface area contributed by atoms with Gasteiger partial charge in [0.1, 0.15) is 11.1 Å². The first-order valence-electron chi connectivity index (χ1n) is 6.48. The average Bonchev–Trinajstić information content (AvgIpc) is 2.30. The fraction of sp³-hybridized carbons (Fsp3) is 0.714. The molecule has 1 rings (SSSR count). The lowest BCUT2D eigenvalue weighted by atomic mass is 9.79. The fourth-order valence-corrected chi connectivity index (χ4v) is 2.29. The van der Waals surface area contributed by atoms with Crippen LogP contribution in [0.1, 0.15) is 33.6 Å². The van der Waals surface area contributed by atoms with Gasteiger partial charge >= 0.3 is 12.1 Å². The molecule has 0 aromatic heterocycles. The Bertz CT molecular complexity index is 416. The first-order chi connectivity index (χ1) is 9.16. The van der Waals surface area contributed by atoms with E-state index in [1.54, 1.807) is 20.8 Å². The van der Waals surface area contributed by atoms with Crippen molar-refractivity contribution in [2.75, 3.05) is 19.5 Å². The summed E-state index contributed by atoms with van der Waals surface area (Å²) >= 11 is 5.73. The molecule has 1 heterocycles. The lowest BCUT2D eigenvalue weighted by molar-refractivity contribution is -0.163. The molecule has 114 valence electrons. The Labute approximate surface area is 124 Å². The highest BCUT2D eigenvalue weighted by atomic mass is 35.5. The number of carbonyl (C=O) groups excluding carboxylic acids is 2. The molecule has 0 N–H and O–H groups in total. The van der Waals surface area contributed by atoms with Gasteiger partial charge in [0.2, 0.25) is 0 Å². The number of halogens is 1. The number of alkyl halides is 1. The number of methoxy groups -OCH3 is 1. The molecule has 1 fully saturated rings. The summed E-state index contributed by atoms with van der Waals surface area (Å²) in [6.45, 7) is 9.60. The first-order valence-corrected chi connectivity index (χ1v) is 7.01. The minimum atomic E-state index is -1.02. The number of ether oxygens (including phenoxy) is 2. The number of esters is 1. The molecule has 0 saturated carbocycles. The molecule has 1 saturated heterocycles. The molecule has 1 aliphatic heterocycles. The van der Waals surface area contributed by atoms with Crippen LogP contribution in [0.15, 0.2) is 12.2 Å². The molecule has 0 bridgehead atoms. The van der Waals surface area contributed by atoms with Gasteiger partial charge < -0.3 is 9.47 Å². The second-order valence-electron chi connectivity index (χ2n) is 5.97. The first kappa shape index (κ1) is 16.8. The van der Waals surface area contributed by atoms with Crippen LogP contribution in [0.4, 0.5) is 4.79 Å². The van der Waals surface area contributed by atoms with Crippen molar-refractivity contribution >= 4 is 23.7 Å². The van der Waals surface area contributed by atoms with E-state index in [2.05, 4.69) is 6.58 Å². The molecule has 5 nitrogen and oxygen atoms in total. The topological polar surface area (TPSA) is 55.8 Å².